The first kappa shape index (κ1) is 8.66. The van der Waals surface area contributed by atoms with Crippen LogP contribution in [0.2, 0.25) is 5.28 Å². The maximum Gasteiger partial charge on any atom is 0.222 e. The van der Waals surface area contributed by atoms with E-state index in [0.717, 1.165) is 12.0 Å². The van der Waals surface area contributed by atoms with Crippen molar-refractivity contribution in [3.8, 4) is 0 Å². The number of nitrogens with zero attached hydrogens (tertiary/aromatic N) is 2. The molecule has 2 aromatic rings. The summed E-state index contributed by atoms with van der Waals surface area (Å²) in [5.74, 6) is 0. The van der Waals surface area contributed by atoms with Gasteiger partial charge in [-0.1, -0.05) is 0 Å². The van der Waals surface area contributed by atoms with Gasteiger partial charge in [-0.25, -0.2) is 9.97 Å². The first-order valence-corrected chi connectivity index (χ1v) is 5.14. The van der Waals surface area contributed by atoms with E-state index >= 15 is 0 Å². The van der Waals surface area contributed by atoms with E-state index in [0.29, 0.717) is 5.28 Å². The van der Waals surface area contributed by atoms with Gasteiger partial charge in [0.05, 0.1) is 0 Å². The molecule has 0 radical (unpaired) electrons. The van der Waals surface area contributed by atoms with Crippen LogP contribution in [0, 0.1) is 0 Å². The smallest absolute Gasteiger partial charge is 0.222 e. The predicted molar refractivity (Wildman–Crippen MR) is 54.2 cm³/mol. The molecular formula is C9H7ClN2S. The molecule has 0 amide bonds. The third-order valence-electron chi connectivity index (χ3n) is 1.66. The zero-order valence-electron chi connectivity index (χ0n) is 6.77. The minimum Gasteiger partial charge on any atom is -0.226 e. The van der Waals surface area contributed by atoms with Crippen molar-refractivity contribution in [1.82, 2.24) is 9.97 Å². The van der Waals surface area contributed by atoms with E-state index < -0.39 is 0 Å². The maximum absolute atomic E-state index is 5.57. The van der Waals surface area contributed by atoms with Gasteiger partial charge in [-0.2, -0.15) is 11.3 Å². The third-order valence-corrected chi connectivity index (χ3v) is 2.59. The lowest BCUT2D eigenvalue weighted by Gasteiger charge is -1.96. The number of thiophene rings is 1. The highest BCUT2D eigenvalue weighted by Crippen LogP contribution is 2.11. The molecule has 0 saturated heterocycles. The Bertz CT molecular complexity index is 369. The fourth-order valence-corrected chi connectivity index (χ4v) is 1.83. The summed E-state index contributed by atoms with van der Waals surface area (Å²) in [5, 5.41) is 4.48. The van der Waals surface area contributed by atoms with Gasteiger partial charge in [-0.15, -0.1) is 0 Å². The second-order valence-corrected chi connectivity index (χ2v) is 3.79. The van der Waals surface area contributed by atoms with Crippen LogP contribution in [0.25, 0.3) is 0 Å². The fourth-order valence-electron chi connectivity index (χ4n) is 1.06. The van der Waals surface area contributed by atoms with Crippen LogP contribution in [0.5, 0.6) is 0 Å². The Balaban J connectivity index is 2.15. The molecule has 13 heavy (non-hydrogen) atoms. The summed E-state index contributed by atoms with van der Waals surface area (Å²) in [6, 6.07) is 2.10. The zero-order valence-corrected chi connectivity index (χ0v) is 8.35. The number of hydrogen-bond acceptors (Lipinski definition) is 3. The molecule has 0 aliphatic carbocycles. The second kappa shape index (κ2) is 3.85. The SMILES string of the molecule is Clc1ncc(Cc2ccsc2)cn1. The Morgan fingerprint density at radius 2 is 2.00 bits per heavy atom. The van der Waals surface area contributed by atoms with Crippen LogP contribution in [0.15, 0.2) is 29.2 Å². The number of hydrogen-bond donors (Lipinski definition) is 0. The standard InChI is InChI=1S/C9H7ClN2S/c10-9-11-4-8(5-12-9)3-7-1-2-13-6-7/h1-2,4-6H,3H2. The van der Waals surface area contributed by atoms with Crippen molar-refractivity contribution < 1.29 is 0 Å². The van der Waals surface area contributed by atoms with Gasteiger partial charge in [0.1, 0.15) is 0 Å². The van der Waals surface area contributed by atoms with Crippen LogP contribution in [0.1, 0.15) is 11.1 Å². The van der Waals surface area contributed by atoms with Gasteiger partial charge < -0.3 is 0 Å². The summed E-state index contributed by atoms with van der Waals surface area (Å²) in [5.41, 5.74) is 2.37. The number of halogens is 1. The van der Waals surface area contributed by atoms with Crippen LogP contribution in [-0.4, -0.2) is 9.97 Å². The Morgan fingerprint density at radius 3 is 2.62 bits per heavy atom. The number of aromatic nitrogens is 2. The normalized spacial score (nSPS) is 10.2. The molecule has 0 N–H and O–H groups in total. The Hall–Kier alpha value is -0.930. The zero-order chi connectivity index (χ0) is 9.10. The van der Waals surface area contributed by atoms with Gasteiger partial charge >= 0.3 is 0 Å². The van der Waals surface area contributed by atoms with E-state index in [9.17, 15) is 0 Å². The van der Waals surface area contributed by atoms with Crippen molar-refractivity contribution in [1.29, 1.82) is 0 Å². The van der Waals surface area contributed by atoms with E-state index in [1.54, 1.807) is 23.7 Å². The van der Waals surface area contributed by atoms with Gasteiger partial charge in [0, 0.05) is 18.8 Å². The predicted octanol–water partition coefficient (Wildman–Crippen LogP) is 2.78. The molecule has 0 aromatic carbocycles. The average Bonchev–Trinajstić information content (AvgIpc) is 2.62. The van der Waals surface area contributed by atoms with Crippen molar-refractivity contribution in [3.05, 3.63) is 45.6 Å². The van der Waals surface area contributed by atoms with E-state index in [4.69, 9.17) is 11.6 Å². The Kier molecular flexibility index (Phi) is 2.57. The van der Waals surface area contributed by atoms with Crippen molar-refractivity contribution in [2.45, 2.75) is 6.42 Å². The molecule has 66 valence electrons. The van der Waals surface area contributed by atoms with Crippen LogP contribution in [-0.2, 0) is 6.42 Å². The highest BCUT2D eigenvalue weighted by Gasteiger charge is 1.97. The summed E-state index contributed by atoms with van der Waals surface area (Å²) in [4.78, 5) is 7.83. The molecule has 0 spiro atoms. The molecule has 0 bridgehead atoms. The molecule has 4 heteroatoms. The summed E-state index contributed by atoms with van der Waals surface area (Å²) >= 11 is 7.27. The molecule has 0 saturated carbocycles. The average molecular weight is 211 g/mol. The molecule has 2 rings (SSSR count). The largest absolute Gasteiger partial charge is 0.226 e. The lowest BCUT2D eigenvalue weighted by Crippen LogP contribution is -1.89. The Labute approximate surface area is 85.2 Å². The van der Waals surface area contributed by atoms with E-state index in [1.165, 1.54) is 5.56 Å². The van der Waals surface area contributed by atoms with Gasteiger partial charge in [0.25, 0.3) is 0 Å². The third kappa shape index (κ3) is 2.26. The minimum atomic E-state index is 0.300. The molecule has 0 unspecified atom stereocenters. The summed E-state index contributed by atoms with van der Waals surface area (Å²) in [7, 11) is 0. The lowest BCUT2D eigenvalue weighted by atomic mass is 10.1. The minimum absolute atomic E-state index is 0.300. The summed E-state index contributed by atoms with van der Waals surface area (Å²) < 4.78 is 0. The van der Waals surface area contributed by atoms with Crippen LogP contribution in [0.4, 0.5) is 0 Å². The highest BCUT2D eigenvalue weighted by atomic mass is 35.5. The maximum atomic E-state index is 5.57. The first-order valence-electron chi connectivity index (χ1n) is 3.82. The van der Waals surface area contributed by atoms with Gasteiger partial charge in [-0.3, -0.25) is 0 Å². The summed E-state index contributed by atoms with van der Waals surface area (Å²) in [6.45, 7) is 0. The topological polar surface area (TPSA) is 25.8 Å². The Morgan fingerprint density at radius 1 is 1.23 bits per heavy atom. The number of rotatable bonds is 2. The van der Waals surface area contributed by atoms with Crippen LogP contribution >= 0.6 is 22.9 Å². The summed E-state index contributed by atoms with van der Waals surface area (Å²) in [6.07, 6.45) is 4.39. The molecule has 2 aromatic heterocycles. The molecule has 0 atom stereocenters. The van der Waals surface area contributed by atoms with E-state index in [2.05, 4.69) is 26.8 Å². The van der Waals surface area contributed by atoms with Crippen molar-refractivity contribution >= 4 is 22.9 Å². The van der Waals surface area contributed by atoms with Gasteiger partial charge in [0.2, 0.25) is 5.28 Å². The van der Waals surface area contributed by atoms with Gasteiger partial charge in [-0.05, 0) is 39.6 Å². The van der Waals surface area contributed by atoms with Crippen LogP contribution < -0.4 is 0 Å². The molecule has 0 aliphatic rings. The van der Waals surface area contributed by atoms with Crippen LogP contribution in [0.3, 0.4) is 0 Å². The molecule has 0 aliphatic heterocycles. The fraction of sp³-hybridized carbons (Fsp3) is 0.111. The molecule has 0 fully saturated rings. The highest BCUT2D eigenvalue weighted by molar-refractivity contribution is 7.07. The first-order chi connectivity index (χ1) is 6.34. The van der Waals surface area contributed by atoms with E-state index in [-0.39, 0.29) is 0 Å². The van der Waals surface area contributed by atoms with E-state index in [1.807, 2.05) is 0 Å². The quantitative estimate of drug-likeness (QED) is 0.713. The van der Waals surface area contributed by atoms with Crippen molar-refractivity contribution in [3.63, 3.8) is 0 Å². The monoisotopic (exact) mass is 210 g/mol. The molecule has 2 heterocycles. The van der Waals surface area contributed by atoms with Crippen molar-refractivity contribution in [2.75, 3.05) is 0 Å². The lowest BCUT2D eigenvalue weighted by molar-refractivity contribution is 1.07. The second-order valence-electron chi connectivity index (χ2n) is 2.67. The molecule has 2 nitrogen and oxygen atoms in total. The van der Waals surface area contributed by atoms with Crippen molar-refractivity contribution in [2.24, 2.45) is 0 Å². The van der Waals surface area contributed by atoms with Gasteiger partial charge in [0.15, 0.2) is 0 Å². The molecular weight excluding hydrogens is 204 g/mol.